The number of methoxy groups -OCH3 is 1. The van der Waals surface area contributed by atoms with Crippen LogP contribution in [0.5, 0.6) is 11.5 Å². The highest BCUT2D eigenvalue weighted by Gasteiger charge is 2.31. The second-order valence-electron chi connectivity index (χ2n) is 8.94. The number of alkyl halides is 3. The van der Waals surface area contributed by atoms with Crippen molar-refractivity contribution in [2.75, 3.05) is 13.7 Å². The molecule has 6 nitrogen and oxygen atoms in total. The summed E-state index contributed by atoms with van der Waals surface area (Å²) >= 11 is 0. The number of aryl methyl sites for hydroxylation is 2. The summed E-state index contributed by atoms with van der Waals surface area (Å²) in [5.41, 5.74) is 2.33. The number of rotatable bonds is 7. The Hall–Kier alpha value is -4.01. The smallest absolute Gasteiger partial charge is 0.416 e. The number of amides is 1. The predicted octanol–water partition coefficient (Wildman–Crippen LogP) is 6.43. The minimum Gasteiger partial charge on any atom is -0.508 e. The van der Waals surface area contributed by atoms with Gasteiger partial charge in [-0.1, -0.05) is 6.92 Å². The third-order valence-corrected chi connectivity index (χ3v) is 6.23. The summed E-state index contributed by atoms with van der Waals surface area (Å²) < 4.78 is 47.3. The minimum absolute atomic E-state index is 0.0779. The molecule has 0 aliphatic heterocycles. The average molecular weight is 512 g/mol. The van der Waals surface area contributed by atoms with Gasteiger partial charge in [0.1, 0.15) is 17.3 Å². The lowest BCUT2D eigenvalue weighted by molar-refractivity contribution is -0.137. The number of nitrogens with zero attached hydrogens (tertiary/aromatic N) is 3. The molecule has 1 N–H and O–H groups in total. The minimum atomic E-state index is -4.50. The van der Waals surface area contributed by atoms with Crippen LogP contribution in [0.1, 0.15) is 46.2 Å². The zero-order valence-corrected chi connectivity index (χ0v) is 21.1. The number of aromatic hydroxyl groups is 1. The quantitative estimate of drug-likeness (QED) is 0.311. The van der Waals surface area contributed by atoms with Crippen LogP contribution in [0.4, 0.5) is 13.2 Å². The van der Waals surface area contributed by atoms with E-state index in [1.165, 1.54) is 18.2 Å². The van der Waals surface area contributed by atoms with Crippen LogP contribution in [0.2, 0.25) is 0 Å². The third kappa shape index (κ3) is 5.26. The van der Waals surface area contributed by atoms with Crippen molar-refractivity contribution in [3.63, 3.8) is 0 Å². The Labute approximate surface area is 212 Å². The number of hydrogen-bond donors (Lipinski definition) is 1. The van der Waals surface area contributed by atoms with E-state index in [0.29, 0.717) is 52.4 Å². The zero-order valence-electron chi connectivity index (χ0n) is 21.1. The molecule has 0 radical (unpaired) electrons. The number of ether oxygens (including phenoxy) is 1. The third-order valence-electron chi connectivity index (χ3n) is 6.23. The predicted molar refractivity (Wildman–Crippen MR) is 135 cm³/mol. The van der Waals surface area contributed by atoms with Gasteiger partial charge in [-0.15, -0.1) is 0 Å². The molecule has 0 saturated heterocycles. The highest BCUT2D eigenvalue weighted by molar-refractivity contribution is 5.97. The number of phenols is 1. The van der Waals surface area contributed by atoms with Gasteiger partial charge in [-0.3, -0.25) is 9.36 Å². The van der Waals surface area contributed by atoms with Gasteiger partial charge in [-0.25, -0.2) is 4.98 Å². The van der Waals surface area contributed by atoms with Crippen molar-refractivity contribution >= 4 is 16.9 Å². The van der Waals surface area contributed by atoms with Crippen LogP contribution in [0.15, 0.2) is 54.6 Å². The molecule has 0 atom stereocenters. The van der Waals surface area contributed by atoms with Gasteiger partial charge >= 0.3 is 6.18 Å². The number of phenolic OH excluding ortho intramolecular Hbond substituents is 1. The van der Waals surface area contributed by atoms with Crippen molar-refractivity contribution in [3.05, 3.63) is 82.7 Å². The van der Waals surface area contributed by atoms with Gasteiger partial charge in [0, 0.05) is 17.8 Å². The van der Waals surface area contributed by atoms with E-state index in [9.17, 15) is 23.1 Å². The van der Waals surface area contributed by atoms with Crippen LogP contribution in [0, 0.1) is 13.8 Å². The molecular weight excluding hydrogens is 483 g/mol. The fourth-order valence-electron chi connectivity index (χ4n) is 4.56. The maximum absolute atomic E-state index is 13.7. The molecule has 0 saturated carbocycles. The van der Waals surface area contributed by atoms with Crippen molar-refractivity contribution < 1.29 is 27.8 Å². The number of fused-ring (bicyclic) bond motifs is 1. The molecule has 194 valence electrons. The second-order valence-corrected chi connectivity index (χ2v) is 8.94. The lowest BCUT2D eigenvalue weighted by Crippen LogP contribution is -2.33. The monoisotopic (exact) mass is 511 g/mol. The Morgan fingerprint density at radius 3 is 2.27 bits per heavy atom. The highest BCUT2D eigenvalue weighted by Crippen LogP contribution is 2.33. The van der Waals surface area contributed by atoms with E-state index in [1.807, 2.05) is 6.92 Å². The first-order valence-corrected chi connectivity index (χ1v) is 11.9. The van der Waals surface area contributed by atoms with E-state index >= 15 is 0 Å². The van der Waals surface area contributed by atoms with E-state index in [2.05, 4.69) is 4.98 Å². The van der Waals surface area contributed by atoms with E-state index in [0.717, 1.165) is 12.1 Å². The molecule has 4 aromatic rings. The molecule has 4 rings (SSSR count). The Kier molecular flexibility index (Phi) is 7.16. The van der Waals surface area contributed by atoms with Crippen LogP contribution >= 0.6 is 0 Å². The fourth-order valence-corrected chi connectivity index (χ4v) is 4.56. The van der Waals surface area contributed by atoms with Gasteiger partial charge in [0.05, 0.1) is 30.3 Å². The summed E-state index contributed by atoms with van der Waals surface area (Å²) in [5.74, 6) is 0.905. The Morgan fingerprint density at radius 1 is 1.05 bits per heavy atom. The van der Waals surface area contributed by atoms with Crippen molar-refractivity contribution in [1.82, 2.24) is 14.5 Å². The SMILES string of the molecule is CCCN(Cc1nc2cc(C(F)(F)F)ccc2n1-c1ccc(OC)cc1)C(=O)c1c(C)cc(O)cc1C. The van der Waals surface area contributed by atoms with Gasteiger partial charge in [0.2, 0.25) is 0 Å². The first kappa shape index (κ1) is 26.1. The number of halogens is 3. The van der Waals surface area contributed by atoms with Gasteiger partial charge in [0.15, 0.2) is 0 Å². The van der Waals surface area contributed by atoms with E-state index < -0.39 is 11.7 Å². The molecule has 3 aromatic carbocycles. The molecular formula is C28H28F3N3O3. The molecule has 0 aliphatic carbocycles. The summed E-state index contributed by atoms with van der Waals surface area (Å²) in [6.07, 6.45) is -3.83. The lowest BCUT2D eigenvalue weighted by atomic mass is 10.0. The first-order valence-electron chi connectivity index (χ1n) is 11.9. The zero-order chi connectivity index (χ0) is 26.9. The summed E-state index contributed by atoms with van der Waals surface area (Å²) in [7, 11) is 1.55. The maximum atomic E-state index is 13.7. The number of aromatic nitrogens is 2. The highest BCUT2D eigenvalue weighted by atomic mass is 19.4. The normalized spacial score (nSPS) is 11.6. The number of hydrogen-bond acceptors (Lipinski definition) is 4. The summed E-state index contributed by atoms with van der Waals surface area (Å²) in [6, 6.07) is 13.6. The van der Waals surface area contributed by atoms with Crippen molar-refractivity contribution in [3.8, 4) is 17.2 Å². The van der Waals surface area contributed by atoms with Crippen LogP contribution in [0.3, 0.4) is 0 Å². The van der Waals surface area contributed by atoms with Crippen molar-refractivity contribution in [2.45, 2.75) is 39.9 Å². The van der Waals surface area contributed by atoms with Gasteiger partial charge in [-0.05, 0) is 86.0 Å². The second kappa shape index (κ2) is 10.2. The number of carbonyl (C=O) groups is 1. The van der Waals surface area contributed by atoms with Gasteiger partial charge in [0.25, 0.3) is 5.91 Å². The number of imidazole rings is 1. The van der Waals surface area contributed by atoms with Crippen molar-refractivity contribution in [2.24, 2.45) is 0 Å². The molecule has 0 bridgehead atoms. The molecule has 1 amide bonds. The van der Waals surface area contributed by atoms with Crippen LogP contribution < -0.4 is 4.74 Å². The summed E-state index contributed by atoms with van der Waals surface area (Å²) in [5, 5.41) is 9.91. The van der Waals surface area contributed by atoms with E-state index in [4.69, 9.17) is 4.74 Å². The van der Waals surface area contributed by atoms with Crippen LogP contribution in [0.25, 0.3) is 16.7 Å². The fraction of sp³-hybridized carbons (Fsp3) is 0.286. The molecule has 0 aliphatic rings. The van der Waals surface area contributed by atoms with Gasteiger partial charge in [-0.2, -0.15) is 13.2 Å². The van der Waals surface area contributed by atoms with Crippen LogP contribution in [-0.2, 0) is 12.7 Å². The Morgan fingerprint density at radius 2 is 1.70 bits per heavy atom. The summed E-state index contributed by atoms with van der Waals surface area (Å²) in [6.45, 7) is 5.95. The first-order chi connectivity index (χ1) is 17.5. The summed E-state index contributed by atoms with van der Waals surface area (Å²) in [4.78, 5) is 19.9. The molecule has 0 spiro atoms. The molecule has 1 aromatic heterocycles. The number of carbonyl (C=O) groups excluding carboxylic acids is 1. The molecule has 9 heteroatoms. The largest absolute Gasteiger partial charge is 0.508 e. The van der Waals surface area contributed by atoms with E-state index in [-0.39, 0.29) is 23.7 Å². The number of benzene rings is 3. The molecule has 0 unspecified atom stereocenters. The Bertz CT molecular complexity index is 1420. The molecule has 1 heterocycles. The Balaban J connectivity index is 1.84. The van der Waals surface area contributed by atoms with Gasteiger partial charge < -0.3 is 14.7 Å². The average Bonchev–Trinajstić information content (AvgIpc) is 3.19. The standard InChI is InChI=1S/C28H28F3N3O3/c1-5-12-33(27(36)26-17(2)13-21(35)14-18(26)3)16-25-32-23-15-19(28(29,30)31)6-11-24(23)34(25)20-7-9-22(37-4)10-8-20/h6-11,13-15,35H,5,12,16H2,1-4H3. The molecule has 37 heavy (non-hydrogen) atoms. The van der Waals surface area contributed by atoms with E-state index in [1.54, 1.807) is 54.7 Å². The molecule has 0 fully saturated rings. The maximum Gasteiger partial charge on any atom is 0.416 e. The topological polar surface area (TPSA) is 67.6 Å². The van der Waals surface area contributed by atoms with Crippen molar-refractivity contribution in [1.29, 1.82) is 0 Å². The lowest BCUT2D eigenvalue weighted by Gasteiger charge is -2.24. The van der Waals surface area contributed by atoms with Crippen LogP contribution in [-0.4, -0.2) is 39.1 Å².